The van der Waals surface area contributed by atoms with E-state index in [0.29, 0.717) is 6.61 Å². The Hall–Kier alpha value is -1.26. The molecule has 0 aliphatic heterocycles. The highest BCUT2D eigenvalue weighted by Crippen LogP contribution is 2.28. The molecule has 0 radical (unpaired) electrons. The lowest BCUT2D eigenvalue weighted by atomic mass is 10.1. The number of likely N-dealkylation sites (N-methyl/N-ethyl adjacent to an activating group) is 1. The molecule has 0 amide bonds. The maximum absolute atomic E-state index is 5.74. The fraction of sp³-hybridized carbons (Fsp3) is 0.647. The second-order valence-electron chi connectivity index (χ2n) is 5.33. The van der Waals surface area contributed by atoms with Crippen LogP contribution in [0.2, 0.25) is 0 Å². The van der Waals surface area contributed by atoms with Crippen LogP contribution in [-0.4, -0.2) is 51.8 Å². The molecule has 4 nitrogen and oxygen atoms in total. The zero-order valence-electron chi connectivity index (χ0n) is 14.3. The molecule has 0 aliphatic rings. The summed E-state index contributed by atoms with van der Waals surface area (Å²) in [5.41, 5.74) is 2.40. The summed E-state index contributed by atoms with van der Waals surface area (Å²) in [6.07, 6.45) is 0. The average Bonchev–Trinajstić information content (AvgIpc) is 2.47. The van der Waals surface area contributed by atoms with Gasteiger partial charge in [-0.15, -0.1) is 0 Å². The monoisotopic (exact) mass is 293 g/mol. The summed E-state index contributed by atoms with van der Waals surface area (Å²) in [5.74, 6) is 0.963. The van der Waals surface area contributed by atoms with Crippen LogP contribution in [-0.2, 0) is 6.54 Å². The fourth-order valence-electron chi connectivity index (χ4n) is 2.32. The van der Waals surface area contributed by atoms with Crippen LogP contribution in [0.3, 0.4) is 0 Å². The number of hydrogen-bond acceptors (Lipinski definition) is 4. The molecule has 21 heavy (non-hydrogen) atoms. The first-order chi connectivity index (χ1) is 10.1. The van der Waals surface area contributed by atoms with Gasteiger partial charge in [-0.3, -0.25) is 0 Å². The highest BCUT2D eigenvalue weighted by atomic mass is 16.5. The van der Waals surface area contributed by atoms with Crippen LogP contribution in [0.1, 0.15) is 26.3 Å². The standard InChI is InChI=1S/C17H31N3O/c1-6-20(7-2)12-11-18-14-15-9-10-16(19(4)5)17(13-15)21-8-3/h9-10,13,18H,6-8,11-12,14H2,1-5H3. The molecule has 0 unspecified atom stereocenters. The van der Waals surface area contributed by atoms with Gasteiger partial charge < -0.3 is 19.9 Å². The van der Waals surface area contributed by atoms with Crippen LogP contribution in [0.5, 0.6) is 5.75 Å². The Balaban J connectivity index is 2.54. The van der Waals surface area contributed by atoms with Crippen LogP contribution < -0.4 is 15.0 Å². The fourth-order valence-corrected chi connectivity index (χ4v) is 2.32. The minimum Gasteiger partial charge on any atom is -0.492 e. The molecule has 1 aromatic carbocycles. The summed E-state index contributed by atoms with van der Waals surface area (Å²) in [6.45, 7) is 12.4. The molecule has 0 saturated heterocycles. The number of nitrogens with zero attached hydrogens (tertiary/aromatic N) is 2. The molecule has 4 heteroatoms. The van der Waals surface area contributed by atoms with E-state index in [1.54, 1.807) is 0 Å². The Labute approximate surface area is 130 Å². The minimum atomic E-state index is 0.694. The molecule has 1 N–H and O–H groups in total. The van der Waals surface area contributed by atoms with E-state index in [-0.39, 0.29) is 0 Å². The lowest BCUT2D eigenvalue weighted by molar-refractivity contribution is 0.302. The van der Waals surface area contributed by atoms with Gasteiger partial charge in [0.15, 0.2) is 0 Å². The van der Waals surface area contributed by atoms with E-state index < -0.39 is 0 Å². The van der Waals surface area contributed by atoms with Crippen molar-refractivity contribution in [3.8, 4) is 5.75 Å². The van der Waals surface area contributed by atoms with Gasteiger partial charge in [0.2, 0.25) is 0 Å². The summed E-state index contributed by atoms with van der Waals surface area (Å²) in [4.78, 5) is 4.51. The van der Waals surface area contributed by atoms with E-state index in [1.807, 2.05) is 21.0 Å². The highest BCUT2D eigenvalue weighted by molar-refractivity contribution is 5.58. The summed E-state index contributed by atoms with van der Waals surface area (Å²) >= 11 is 0. The number of ether oxygens (including phenoxy) is 1. The van der Waals surface area contributed by atoms with Crippen LogP contribution in [0.15, 0.2) is 18.2 Å². The first kappa shape index (κ1) is 17.8. The lowest BCUT2D eigenvalue weighted by Crippen LogP contribution is -2.31. The van der Waals surface area contributed by atoms with Gasteiger partial charge in [0.05, 0.1) is 12.3 Å². The number of benzene rings is 1. The number of nitrogens with one attached hydrogen (secondary N) is 1. The Bertz CT molecular complexity index is 403. The zero-order valence-corrected chi connectivity index (χ0v) is 14.3. The molecule has 1 aromatic rings. The summed E-state index contributed by atoms with van der Waals surface area (Å²) in [5, 5.41) is 3.51. The Kier molecular flexibility index (Phi) is 8.16. The Morgan fingerprint density at radius 2 is 1.81 bits per heavy atom. The molecule has 0 spiro atoms. The largest absolute Gasteiger partial charge is 0.492 e. The first-order valence-electron chi connectivity index (χ1n) is 7.98. The molecular formula is C17H31N3O. The van der Waals surface area contributed by atoms with Gasteiger partial charge in [-0.25, -0.2) is 0 Å². The third-order valence-corrected chi connectivity index (χ3v) is 3.63. The molecule has 0 bridgehead atoms. The zero-order chi connectivity index (χ0) is 15.7. The second kappa shape index (κ2) is 9.64. The van der Waals surface area contributed by atoms with Gasteiger partial charge >= 0.3 is 0 Å². The van der Waals surface area contributed by atoms with Crippen molar-refractivity contribution in [1.29, 1.82) is 0 Å². The second-order valence-corrected chi connectivity index (χ2v) is 5.33. The summed E-state index contributed by atoms with van der Waals surface area (Å²) < 4.78 is 5.74. The number of hydrogen-bond donors (Lipinski definition) is 1. The highest BCUT2D eigenvalue weighted by Gasteiger charge is 2.07. The molecule has 0 heterocycles. The molecule has 0 fully saturated rings. The third-order valence-electron chi connectivity index (χ3n) is 3.63. The predicted molar refractivity (Wildman–Crippen MR) is 91.4 cm³/mol. The molecule has 120 valence electrons. The van der Waals surface area contributed by atoms with Crippen molar-refractivity contribution < 1.29 is 4.74 Å². The van der Waals surface area contributed by atoms with E-state index >= 15 is 0 Å². The molecule has 0 aliphatic carbocycles. The number of anilines is 1. The first-order valence-corrected chi connectivity index (χ1v) is 7.98. The van der Waals surface area contributed by atoms with Gasteiger partial charge in [0, 0.05) is 33.7 Å². The smallest absolute Gasteiger partial charge is 0.142 e. The normalized spacial score (nSPS) is 11.0. The van der Waals surface area contributed by atoms with Crippen molar-refractivity contribution in [1.82, 2.24) is 10.2 Å². The Morgan fingerprint density at radius 3 is 2.38 bits per heavy atom. The van der Waals surface area contributed by atoms with Crippen LogP contribution in [0, 0.1) is 0 Å². The van der Waals surface area contributed by atoms with E-state index in [2.05, 4.69) is 47.2 Å². The van der Waals surface area contributed by atoms with Gasteiger partial charge in [0.25, 0.3) is 0 Å². The van der Waals surface area contributed by atoms with Crippen molar-refractivity contribution in [3.05, 3.63) is 23.8 Å². The molecule has 1 rings (SSSR count). The van der Waals surface area contributed by atoms with Gasteiger partial charge in [0.1, 0.15) is 5.75 Å². The lowest BCUT2D eigenvalue weighted by Gasteiger charge is -2.19. The van der Waals surface area contributed by atoms with E-state index in [1.165, 1.54) is 5.56 Å². The molecule has 0 aromatic heterocycles. The minimum absolute atomic E-state index is 0.694. The van der Waals surface area contributed by atoms with Crippen molar-refractivity contribution in [3.63, 3.8) is 0 Å². The third kappa shape index (κ3) is 5.94. The van der Waals surface area contributed by atoms with Crippen molar-refractivity contribution in [2.45, 2.75) is 27.3 Å². The summed E-state index contributed by atoms with van der Waals surface area (Å²) in [6, 6.07) is 6.44. The summed E-state index contributed by atoms with van der Waals surface area (Å²) in [7, 11) is 4.08. The van der Waals surface area contributed by atoms with Crippen LogP contribution in [0.25, 0.3) is 0 Å². The van der Waals surface area contributed by atoms with Crippen LogP contribution in [0.4, 0.5) is 5.69 Å². The van der Waals surface area contributed by atoms with Crippen molar-refractivity contribution >= 4 is 5.69 Å². The van der Waals surface area contributed by atoms with Crippen LogP contribution >= 0.6 is 0 Å². The average molecular weight is 293 g/mol. The van der Waals surface area contributed by atoms with E-state index in [9.17, 15) is 0 Å². The molecular weight excluding hydrogens is 262 g/mol. The maximum Gasteiger partial charge on any atom is 0.142 e. The van der Waals surface area contributed by atoms with Gasteiger partial charge in [-0.1, -0.05) is 19.9 Å². The van der Waals surface area contributed by atoms with Gasteiger partial charge in [-0.2, -0.15) is 0 Å². The van der Waals surface area contributed by atoms with Crippen molar-refractivity contribution in [2.75, 3.05) is 51.8 Å². The van der Waals surface area contributed by atoms with Gasteiger partial charge in [-0.05, 0) is 37.7 Å². The molecule has 0 atom stereocenters. The Morgan fingerprint density at radius 1 is 1.10 bits per heavy atom. The quantitative estimate of drug-likeness (QED) is 0.671. The maximum atomic E-state index is 5.74. The molecule has 0 saturated carbocycles. The number of rotatable bonds is 10. The van der Waals surface area contributed by atoms with E-state index in [4.69, 9.17) is 4.74 Å². The van der Waals surface area contributed by atoms with Crippen molar-refractivity contribution in [2.24, 2.45) is 0 Å². The predicted octanol–water partition coefficient (Wildman–Crippen LogP) is 2.58. The topological polar surface area (TPSA) is 27.7 Å². The SMILES string of the molecule is CCOc1cc(CNCCN(CC)CC)ccc1N(C)C. The van der Waals surface area contributed by atoms with E-state index in [0.717, 1.165) is 44.2 Å².